The molecule has 2 heteroatoms. The smallest absolute Gasteiger partial charge is 0.162 e. The van der Waals surface area contributed by atoms with Crippen molar-refractivity contribution >= 4 is 0 Å². The summed E-state index contributed by atoms with van der Waals surface area (Å²) in [7, 11) is 3.60. The minimum atomic E-state index is 0.0471. The van der Waals surface area contributed by atoms with Gasteiger partial charge in [-0.3, -0.25) is 0 Å². The first-order valence-electron chi connectivity index (χ1n) is 6.31. The van der Waals surface area contributed by atoms with Crippen molar-refractivity contribution in [3.05, 3.63) is 0 Å². The maximum Gasteiger partial charge on any atom is 0.162 e. The van der Waals surface area contributed by atoms with Gasteiger partial charge in [-0.1, -0.05) is 0 Å². The lowest BCUT2D eigenvalue weighted by Crippen LogP contribution is -2.52. The maximum absolute atomic E-state index is 5.56. The summed E-state index contributed by atoms with van der Waals surface area (Å²) >= 11 is 0. The van der Waals surface area contributed by atoms with Gasteiger partial charge >= 0.3 is 0 Å². The molecule has 4 saturated carbocycles. The largest absolute Gasteiger partial charge is 0.355 e. The van der Waals surface area contributed by atoms with Crippen molar-refractivity contribution in [1.29, 1.82) is 0 Å². The lowest BCUT2D eigenvalue weighted by molar-refractivity contribution is -0.229. The van der Waals surface area contributed by atoms with Crippen LogP contribution in [0.5, 0.6) is 0 Å². The molecule has 0 radical (unpaired) electrons. The third-order valence-corrected chi connectivity index (χ3v) is 5.01. The Kier molecular flexibility index (Phi) is 2.33. The van der Waals surface area contributed by atoms with Crippen molar-refractivity contribution < 1.29 is 9.47 Å². The normalized spacial score (nSPS) is 47.8. The first-order chi connectivity index (χ1) is 7.25. The summed E-state index contributed by atoms with van der Waals surface area (Å²) < 4.78 is 11.1. The SMILES string of the molecule is COC(OC)C12CC3CC(CC(C3)C1)C2. The highest BCUT2D eigenvalue weighted by Crippen LogP contribution is 2.61. The van der Waals surface area contributed by atoms with E-state index in [0.717, 1.165) is 17.8 Å². The van der Waals surface area contributed by atoms with Crippen LogP contribution in [0.1, 0.15) is 38.5 Å². The first kappa shape index (κ1) is 10.1. The molecule has 0 atom stereocenters. The third kappa shape index (κ3) is 1.45. The van der Waals surface area contributed by atoms with Crippen LogP contribution in [-0.4, -0.2) is 20.5 Å². The Balaban J connectivity index is 1.86. The molecule has 0 aliphatic heterocycles. The molecule has 4 aliphatic carbocycles. The van der Waals surface area contributed by atoms with Crippen molar-refractivity contribution in [3.63, 3.8) is 0 Å². The summed E-state index contributed by atoms with van der Waals surface area (Å²) in [5, 5.41) is 0. The van der Waals surface area contributed by atoms with Crippen molar-refractivity contribution in [2.45, 2.75) is 44.8 Å². The summed E-state index contributed by atoms with van der Waals surface area (Å²) in [5.74, 6) is 2.93. The van der Waals surface area contributed by atoms with E-state index in [-0.39, 0.29) is 6.29 Å². The van der Waals surface area contributed by atoms with Crippen molar-refractivity contribution in [1.82, 2.24) is 0 Å². The van der Waals surface area contributed by atoms with E-state index in [1.54, 1.807) is 14.2 Å². The van der Waals surface area contributed by atoms with Crippen LogP contribution >= 0.6 is 0 Å². The van der Waals surface area contributed by atoms with E-state index in [1.165, 1.54) is 38.5 Å². The molecule has 0 amide bonds. The molecule has 4 rings (SSSR count). The summed E-state index contributed by atoms with van der Waals surface area (Å²) in [4.78, 5) is 0. The third-order valence-electron chi connectivity index (χ3n) is 5.01. The Bertz CT molecular complexity index is 210. The second kappa shape index (κ2) is 3.46. The number of methoxy groups -OCH3 is 2. The van der Waals surface area contributed by atoms with Gasteiger partial charge in [0.1, 0.15) is 0 Å². The average Bonchev–Trinajstić information content (AvgIpc) is 2.16. The van der Waals surface area contributed by atoms with E-state index in [2.05, 4.69) is 0 Å². The van der Waals surface area contributed by atoms with Gasteiger partial charge in [0.15, 0.2) is 6.29 Å². The second-order valence-corrected chi connectivity index (χ2v) is 6.08. The van der Waals surface area contributed by atoms with Gasteiger partial charge in [-0.15, -0.1) is 0 Å². The summed E-state index contributed by atoms with van der Waals surface area (Å²) in [6.07, 6.45) is 8.56. The van der Waals surface area contributed by atoms with E-state index in [9.17, 15) is 0 Å². The van der Waals surface area contributed by atoms with Crippen LogP contribution in [-0.2, 0) is 9.47 Å². The van der Waals surface area contributed by atoms with E-state index >= 15 is 0 Å². The minimum absolute atomic E-state index is 0.0471. The Labute approximate surface area is 92.3 Å². The zero-order valence-corrected chi connectivity index (χ0v) is 9.87. The van der Waals surface area contributed by atoms with Gasteiger partial charge in [-0.05, 0) is 56.3 Å². The highest BCUT2D eigenvalue weighted by molar-refractivity contribution is 5.02. The number of rotatable bonds is 3. The highest BCUT2D eigenvalue weighted by atomic mass is 16.7. The summed E-state index contributed by atoms with van der Waals surface area (Å²) in [5.41, 5.74) is 0.373. The van der Waals surface area contributed by atoms with Gasteiger partial charge < -0.3 is 9.47 Å². The van der Waals surface area contributed by atoms with Crippen molar-refractivity contribution in [2.24, 2.45) is 23.2 Å². The molecule has 0 N–H and O–H groups in total. The summed E-state index contributed by atoms with van der Waals surface area (Å²) in [6.45, 7) is 0. The van der Waals surface area contributed by atoms with Crippen LogP contribution in [0, 0.1) is 23.2 Å². The molecule has 4 fully saturated rings. The van der Waals surface area contributed by atoms with Crippen molar-refractivity contribution in [3.8, 4) is 0 Å². The van der Waals surface area contributed by atoms with Crippen molar-refractivity contribution in [2.75, 3.05) is 14.2 Å². The fourth-order valence-electron chi connectivity index (χ4n) is 5.06. The van der Waals surface area contributed by atoms with E-state index in [4.69, 9.17) is 9.47 Å². The molecule has 0 saturated heterocycles. The first-order valence-corrected chi connectivity index (χ1v) is 6.31. The second-order valence-electron chi connectivity index (χ2n) is 6.08. The highest BCUT2D eigenvalue weighted by Gasteiger charge is 2.54. The van der Waals surface area contributed by atoms with Crippen LogP contribution in [0.15, 0.2) is 0 Å². The Hall–Kier alpha value is -0.0800. The monoisotopic (exact) mass is 210 g/mol. The van der Waals surface area contributed by atoms with Crippen LogP contribution in [0.25, 0.3) is 0 Å². The van der Waals surface area contributed by atoms with Crippen LogP contribution < -0.4 is 0 Å². The summed E-state index contributed by atoms with van der Waals surface area (Å²) in [6, 6.07) is 0. The van der Waals surface area contributed by atoms with Gasteiger partial charge in [0.2, 0.25) is 0 Å². The fourth-order valence-corrected chi connectivity index (χ4v) is 5.06. The van der Waals surface area contributed by atoms with E-state index < -0.39 is 0 Å². The average molecular weight is 210 g/mol. The Morgan fingerprint density at radius 3 is 1.60 bits per heavy atom. The zero-order chi connectivity index (χ0) is 10.5. The molecule has 0 aromatic carbocycles. The number of ether oxygens (including phenoxy) is 2. The lowest BCUT2D eigenvalue weighted by atomic mass is 9.49. The van der Waals surface area contributed by atoms with Gasteiger partial charge in [0.05, 0.1) is 0 Å². The fraction of sp³-hybridized carbons (Fsp3) is 1.00. The Morgan fingerprint density at radius 1 is 0.867 bits per heavy atom. The number of hydrogen-bond donors (Lipinski definition) is 0. The van der Waals surface area contributed by atoms with Crippen LogP contribution in [0.3, 0.4) is 0 Å². The predicted molar refractivity (Wildman–Crippen MR) is 58.4 cm³/mol. The van der Waals surface area contributed by atoms with Gasteiger partial charge in [0, 0.05) is 19.6 Å². The van der Waals surface area contributed by atoms with E-state index in [0.29, 0.717) is 5.41 Å². The molecule has 0 aromatic heterocycles. The lowest BCUT2D eigenvalue weighted by Gasteiger charge is -2.58. The van der Waals surface area contributed by atoms with Crippen LogP contribution in [0.4, 0.5) is 0 Å². The molecule has 86 valence electrons. The maximum atomic E-state index is 5.56. The zero-order valence-electron chi connectivity index (χ0n) is 9.87. The van der Waals surface area contributed by atoms with E-state index in [1.807, 2.05) is 0 Å². The predicted octanol–water partition coefficient (Wildman–Crippen LogP) is 2.82. The molecule has 0 aromatic rings. The van der Waals surface area contributed by atoms with Gasteiger partial charge in [-0.25, -0.2) is 0 Å². The standard InChI is InChI=1S/C13H22O2/c1-14-12(15-2)13-6-9-3-10(7-13)5-11(4-9)8-13/h9-12H,3-8H2,1-2H3. The topological polar surface area (TPSA) is 18.5 Å². The Morgan fingerprint density at radius 2 is 1.27 bits per heavy atom. The number of hydrogen-bond acceptors (Lipinski definition) is 2. The van der Waals surface area contributed by atoms with Gasteiger partial charge in [-0.2, -0.15) is 0 Å². The molecule has 2 nitrogen and oxygen atoms in total. The molecular weight excluding hydrogens is 188 g/mol. The molecule has 4 aliphatic rings. The quantitative estimate of drug-likeness (QED) is 0.667. The minimum Gasteiger partial charge on any atom is -0.355 e. The molecule has 0 heterocycles. The molecule has 0 spiro atoms. The van der Waals surface area contributed by atoms with Gasteiger partial charge in [0.25, 0.3) is 0 Å². The molecule has 15 heavy (non-hydrogen) atoms. The molecule has 0 unspecified atom stereocenters. The molecular formula is C13H22O2. The molecule has 4 bridgehead atoms. The van der Waals surface area contributed by atoms with Crippen LogP contribution in [0.2, 0.25) is 0 Å².